The number of nitrogens with zero attached hydrogens (tertiary/aromatic N) is 2. The van der Waals surface area contributed by atoms with Gasteiger partial charge in [-0.05, 0) is 53.7 Å². The summed E-state index contributed by atoms with van der Waals surface area (Å²) in [6.45, 7) is 0.531. The highest BCUT2D eigenvalue weighted by Crippen LogP contribution is 2.54. The number of thiazole rings is 1. The molecule has 8 heteroatoms. The Morgan fingerprint density at radius 3 is 2.79 bits per heavy atom. The first-order chi connectivity index (χ1) is 13.6. The zero-order valence-electron chi connectivity index (χ0n) is 15.2. The summed E-state index contributed by atoms with van der Waals surface area (Å²) in [5.41, 5.74) is 0.165. The quantitative estimate of drug-likeness (QED) is 0.686. The van der Waals surface area contributed by atoms with E-state index in [2.05, 4.69) is 21.2 Å². The number of aliphatic imine (C=N–C) groups is 1. The third-order valence-electron chi connectivity index (χ3n) is 5.98. The van der Waals surface area contributed by atoms with Crippen molar-refractivity contribution >= 4 is 50.1 Å². The molecule has 5 nitrogen and oxygen atoms in total. The van der Waals surface area contributed by atoms with Gasteiger partial charge in [0.05, 0.1) is 12.2 Å². The van der Waals surface area contributed by atoms with Crippen LogP contribution in [0.1, 0.15) is 41.0 Å². The number of ether oxygens (including phenoxy) is 1. The summed E-state index contributed by atoms with van der Waals surface area (Å²) in [5.74, 6) is 1.14. The number of thioether (sulfide) groups is 1. The minimum Gasteiger partial charge on any atom is -0.372 e. The largest absolute Gasteiger partial charge is 0.372 e. The van der Waals surface area contributed by atoms with Crippen molar-refractivity contribution < 1.29 is 9.53 Å². The molecule has 3 aliphatic rings. The van der Waals surface area contributed by atoms with E-state index in [9.17, 15) is 4.79 Å². The summed E-state index contributed by atoms with van der Waals surface area (Å²) >= 11 is 6.72. The number of fused-ring (bicyclic) bond motifs is 1. The lowest BCUT2D eigenvalue weighted by atomic mass is 9.67. The number of benzene rings is 1. The van der Waals surface area contributed by atoms with Crippen molar-refractivity contribution in [3.05, 3.63) is 50.9 Å². The maximum absolute atomic E-state index is 12.6. The van der Waals surface area contributed by atoms with Gasteiger partial charge in [-0.1, -0.05) is 30.0 Å². The number of carbonyl (C=O) groups excluding carboxylic acids is 1. The number of hydrogen-bond donors (Lipinski definition) is 1. The lowest BCUT2D eigenvalue weighted by Gasteiger charge is -2.54. The zero-order chi connectivity index (χ0) is 19.2. The van der Waals surface area contributed by atoms with Crippen LogP contribution in [0.2, 0.25) is 0 Å². The van der Waals surface area contributed by atoms with Crippen LogP contribution in [-0.2, 0) is 10.3 Å². The van der Waals surface area contributed by atoms with E-state index in [1.165, 1.54) is 6.42 Å². The number of hydrogen-bond acceptors (Lipinski definition) is 6. The predicted molar refractivity (Wildman–Crippen MR) is 116 cm³/mol. The Labute approximate surface area is 180 Å². The lowest BCUT2D eigenvalue weighted by molar-refractivity contribution is -0.169. The van der Waals surface area contributed by atoms with E-state index in [0.29, 0.717) is 23.3 Å². The highest BCUT2D eigenvalue weighted by atomic mass is 79.9. The molecular formula is C20H20BrN3O2S2. The molecular weight excluding hydrogens is 458 g/mol. The smallest absolute Gasteiger partial charge is 0.257 e. The fourth-order valence-corrected chi connectivity index (χ4v) is 6.86. The number of aromatic nitrogens is 1. The molecule has 1 unspecified atom stereocenters. The van der Waals surface area contributed by atoms with Crippen molar-refractivity contribution in [3.63, 3.8) is 0 Å². The number of amidine groups is 1. The van der Waals surface area contributed by atoms with Crippen LogP contribution < -0.4 is 5.32 Å². The van der Waals surface area contributed by atoms with E-state index in [1.54, 1.807) is 23.1 Å². The van der Waals surface area contributed by atoms with Gasteiger partial charge in [-0.2, -0.15) is 0 Å². The van der Waals surface area contributed by atoms with Gasteiger partial charge in [0.1, 0.15) is 15.1 Å². The van der Waals surface area contributed by atoms with Crippen LogP contribution in [0.4, 0.5) is 0 Å². The molecule has 146 valence electrons. The van der Waals surface area contributed by atoms with Crippen molar-refractivity contribution in [2.45, 2.75) is 36.8 Å². The van der Waals surface area contributed by atoms with Gasteiger partial charge >= 0.3 is 0 Å². The number of carbonyl (C=O) groups is 1. The van der Waals surface area contributed by atoms with Crippen LogP contribution in [-0.4, -0.2) is 34.0 Å². The standard InChI is InChI=1S/C20H20BrN3O2S2/c21-15-11-27-17(22-15)20-12-26-19(7-4-8-19)9-14(20)10-28-18(24-20)23-16(25)13-5-2-1-3-6-13/h1-3,5-6,11,14H,4,7-10,12H2,(H,23,24,25)/t14?,20-/m1/s1. The fraction of sp³-hybridized carbons (Fsp3) is 0.450. The van der Waals surface area contributed by atoms with E-state index >= 15 is 0 Å². The van der Waals surface area contributed by atoms with Crippen LogP contribution in [0.5, 0.6) is 0 Å². The number of halogens is 1. The van der Waals surface area contributed by atoms with Gasteiger partial charge in [-0.3, -0.25) is 4.79 Å². The summed E-state index contributed by atoms with van der Waals surface area (Å²) in [7, 11) is 0. The molecule has 1 aliphatic carbocycles. The predicted octanol–water partition coefficient (Wildman–Crippen LogP) is 4.59. The van der Waals surface area contributed by atoms with Crippen molar-refractivity contribution in [2.24, 2.45) is 10.9 Å². The Morgan fingerprint density at radius 1 is 1.29 bits per heavy atom. The van der Waals surface area contributed by atoms with Crippen molar-refractivity contribution in [1.29, 1.82) is 0 Å². The average Bonchev–Trinajstić information content (AvgIpc) is 3.14. The average molecular weight is 478 g/mol. The molecule has 0 radical (unpaired) electrons. The van der Waals surface area contributed by atoms with Crippen LogP contribution >= 0.6 is 39.0 Å². The van der Waals surface area contributed by atoms with Crippen LogP contribution in [0.25, 0.3) is 0 Å². The Morgan fingerprint density at radius 2 is 2.11 bits per heavy atom. The Hall–Kier alpha value is -1.22. The number of amides is 1. The Kier molecular flexibility index (Phi) is 4.85. The molecule has 1 amide bonds. The highest BCUT2D eigenvalue weighted by molar-refractivity contribution is 9.10. The summed E-state index contributed by atoms with van der Waals surface area (Å²) in [6, 6.07) is 9.25. The molecule has 2 aromatic rings. The second-order valence-electron chi connectivity index (χ2n) is 7.67. The van der Waals surface area contributed by atoms with Gasteiger partial charge in [-0.25, -0.2) is 9.98 Å². The summed E-state index contributed by atoms with van der Waals surface area (Å²) in [5, 5.41) is 6.62. The number of rotatable bonds is 2. The molecule has 2 fully saturated rings. The third-order valence-corrected chi connectivity index (χ3v) is 8.74. The second kappa shape index (κ2) is 7.23. The lowest BCUT2D eigenvalue weighted by Crippen LogP contribution is -2.57. The molecule has 1 aromatic heterocycles. The van der Waals surface area contributed by atoms with Crippen molar-refractivity contribution in [2.75, 3.05) is 12.4 Å². The molecule has 2 atom stereocenters. The fourth-order valence-electron chi connectivity index (χ4n) is 4.25. The third kappa shape index (κ3) is 3.24. The number of nitrogens with one attached hydrogen (secondary N) is 1. The molecule has 28 heavy (non-hydrogen) atoms. The summed E-state index contributed by atoms with van der Waals surface area (Å²) in [4.78, 5) is 22.4. The van der Waals surface area contributed by atoms with Gasteiger partial charge in [0.15, 0.2) is 5.17 Å². The minimum absolute atomic E-state index is 0.0452. The Balaban J connectivity index is 1.46. The molecule has 1 saturated carbocycles. The molecule has 2 aliphatic heterocycles. The molecule has 1 saturated heterocycles. The summed E-state index contributed by atoms with van der Waals surface area (Å²) < 4.78 is 7.22. The van der Waals surface area contributed by atoms with Crippen LogP contribution in [0.15, 0.2) is 45.3 Å². The first-order valence-electron chi connectivity index (χ1n) is 9.43. The second-order valence-corrected chi connectivity index (χ2v) is 10.4. The maximum atomic E-state index is 12.6. The van der Waals surface area contributed by atoms with Gasteiger partial charge < -0.3 is 10.1 Å². The molecule has 0 bridgehead atoms. The van der Waals surface area contributed by atoms with Gasteiger partial charge in [0, 0.05) is 22.6 Å². The SMILES string of the molecule is O=C(NC1=N[C@]2(c3nc(Br)cs3)COC3(CCC3)CC2CS1)c1ccccc1. The molecule has 5 rings (SSSR count). The summed E-state index contributed by atoms with van der Waals surface area (Å²) in [6.07, 6.45) is 4.55. The first kappa shape index (κ1) is 18.8. The molecule has 1 aromatic carbocycles. The van der Waals surface area contributed by atoms with Crippen molar-refractivity contribution in [3.8, 4) is 0 Å². The first-order valence-corrected chi connectivity index (χ1v) is 12.1. The van der Waals surface area contributed by atoms with Crippen LogP contribution in [0.3, 0.4) is 0 Å². The van der Waals surface area contributed by atoms with E-state index in [-0.39, 0.29) is 11.5 Å². The normalized spacial score (nSPS) is 28.2. The molecule has 1 spiro atoms. The molecule has 1 N–H and O–H groups in total. The van der Waals surface area contributed by atoms with E-state index < -0.39 is 5.54 Å². The van der Waals surface area contributed by atoms with Crippen molar-refractivity contribution in [1.82, 2.24) is 10.3 Å². The maximum Gasteiger partial charge on any atom is 0.257 e. The topological polar surface area (TPSA) is 63.6 Å². The van der Waals surface area contributed by atoms with Gasteiger partial charge in [0.25, 0.3) is 5.91 Å². The highest BCUT2D eigenvalue weighted by Gasteiger charge is 2.56. The molecule has 3 heterocycles. The Bertz CT molecular complexity index is 929. The van der Waals surface area contributed by atoms with E-state index in [0.717, 1.165) is 34.6 Å². The monoisotopic (exact) mass is 477 g/mol. The van der Waals surface area contributed by atoms with E-state index in [4.69, 9.17) is 14.7 Å². The van der Waals surface area contributed by atoms with E-state index in [1.807, 2.05) is 35.7 Å². The zero-order valence-corrected chi connectivity index (χ0v) is 18.4. The van der Waals surface area contributed by atoms with Gasteiger partial charge in [0.2, 0.25) is 0 Å². The van der Waals surface area contributed by atoms with Crippen LogP contribution in [0, 0.1) is 5.92 Å². The van der Waals surface area contributed by atoms with Gasteiger partial charge in [-0.15, -0.1) is 11.3 Å². The minimum atomic E-state index is -0.512.